The molecular weight excluding hydrogens is 318 g/mol. The molecule has 6 nitrogen and oxygen atoms in total. The normalized spacial score (nSPS) is 10.0. The van der Waals surface area contributed by atoms with Gasteiger partial charge in [0.2, 0.25) is 11.0 Å². The molecule has 102 valence electrons. The summed E-state index contributed by atoms with van der Waals surface area (Å²) in [5, 5.41) is 19.8. The Labute approximate surface area is 128 Å². The van der Waals surface area contributed by atoms with E-state index in [1.807, 2.05) is 6.07 Å². The summed E-state index contributed by atoms with van der Waals surface area (Å²) in [6, 6.07) is 6.67. The molecule has 1 aromatic carbocycles. The van der Waals surface area contributed by atoms with Crippen molar-refractivity contribution in [3.8, 4) is 6.07 Å². The molecule has 9 heteroatoms. The molecule has 20 heavy (non-hydrogen) atoms. The van der Waals surface area contributed by atoms with Gasteiger partial charge in [0.1, 0.15) is 6.07 Å². The van der Waals surface area contributed by atoms with Gasteiger partial charge in [-0.05, 0) is 18.2 Å². The number of nitrogens with zero attached hydrogens (tertiary/aromatic N) is 3. The lowest BCUT2D eigenvalue weighted by Crippen LogP contribution is -2.14. The fraction of sp³-hybridized carbons (Fsp3) is 0.0909. The molecule has 0 radical (unpaired) electrons. The predicted molar refractivity (Wildman–Crippen MR) is 79.8 cm³/mol. The number of rotatable bonds is 4. The van der Waals surface area contributed by atoms with Crippen LogP contribution in [-0.2, 0) is 4.79 Å². The molecule has 1 amide bonds. The second-order valence-electron chi connectivity index (χ2n) is 3.54. The molecule has 1 heterocycles. The van der Waals surface area contributed by atoms with Crippen molar-refractivity contribution in [1.82, 2.24) is 10.2 Å². The summed E-state index contributed by atoms with van der Waals surface area (Å²) in [4.78, 5) is 11.8. The molecule has 0 bridgehead atoms. The van der Waals surface area contributed by atoms with Crippen molar-refractivity contribution < 1.29 is 4.79 Å². The van der Waals surface area contributed by atoms with Gasteiger partial charge in [0.05, 0.1) is 17.0 Å². The smallest absolute Gasteiger partial charge is 0.234 e. The first-order valence-corrected chi connectivity index (χ1v) is 7.48. The molecule has 0 saturated carbocycles. The van der Waals surface area contributed by atoms with E-state index in [-0.39, 0.29) is 11.7 Å². The molecule has 0 aliphatic rings. The fourth-order valence-corrected chi connectivity index (χ4v) is 2.92. The number of hydrogen-bond acceptors (Lipinski definition) is 7. The van der Waals surface area contributed by atoms with Gasteiger partial charge in [0.25, 0.3) is 0 Å². The number of aromatic nitrogens is 2. The first kappa shape index (κ1) is 14.6. The Morgan fingerprint density at radius 1 is 1.55 bits per heavy atom. The highest BCUT2D eigenvalue weighted by Crippen LogP contribution is 2.24. The van der Waals surface area contributed by atoms with E-state index in [2.05, 4.69) is 15.5 Å². The van der Waals surface area contributed by atoms with Crippen molar-refractivity contribution in [2.24, 2.45) is 0 Å². The van der Waals surface area contributed by atoms with E-state index >= 15 is 0 Å². The number of carbonyl (C=O) groups is 1. The average Bonchev–Trinajstić information content (AvgIpc) is 2.83. The predicted octanol–water partition coefficient (Wildman–Crippen LogP) is 2.38. The number of amides is 1. The zero-order chi connectivity index (χ0) is 14.5. The number of nitrogens with two attached hydrogens (primary N) is 1. The third-order valence-corrected chi connectivity index (χ3v) is 4.25. The van der Waals surface area contributed by atoms with Crippen LogP contribution < -0.4 is 11.1 Å². The molecule has 3 N–H and O–H groups in total. The number of carbonyl (C=O) groups excluding carboxylic acids is 1. The minimum atomic E-state index is -0.262. The molecule has 0 fully saturated rings. The molecule has 0 atom stereocenters. The van der Waals surface area contributed by atoms with Gasteiger partial charge in [0, 0.05) is 5.02 Å². The maximum atomic E-state index is 11.8. The number of benzene rings is 1. The Morgan fingerprint density at radius 2 is 2.35 bits per heavy atom. The van der Waals surface area contributed by atoms with Crippen molar-refractivity contribution in [3.63, 3.8) is 0 Å². The first-order valence-electron chi connectivity index (χ1n) is 5.30. The number of hydrogen-bond donors (Lipinski definition) is 2. The lowest BCUT2D eigenvalue weighted by molar-refractivity contribution is -0.113. The SMILES string of the molecule is N#Cc1ccc(Cl)cc1NC(=O)CSc1nnc(N)s1. The first-order chi connectivity index (χ1) is 9.58. The van der Waals surface area contributed by atoms with E-state index < -0.39 is 0 Å². The van der Waals surface area contributed by atoms with Gasteiger partial charge < -0.3 is 11.1 Å². The van der Waals surface area contributed by atoms with E-state index in [0.717, 1.165) is 0 Å². The van der Waals surface area contributed by atoms with Gasteiger partial charge in [-0.1, -0.05) is 34.7 Å². The highest BCUT2D eigenvalue weighted by Gasteiger charge is 2.10. The maximum Gasteiger partial charge on any atom is 0.234 e. The van der Waals surface area contributed by atoms with Gasteiger partial charge >= 0.3 is 0 Å². The van der Waals surface area contributed by atoms with Gasteiger partial charge in [-0.3, -0.25) is 4.79 Å². The topological polar surface area (TPSA) is 105 Å². The average molecular weight is 326 g/mol. The minimum Gasteiger partial charge on any atom is -0.374 e. The van der Waals surface area contributed by atoms with Gasteiger partial charge in [-0.25, -0.2) is 0 Å². The molecule has 0 saturated heterocycles. The van der Waals surface area contributed by atoms with Gasteiger partial charge in [0.15, 0.2) is 4.34 Å². The zero-order valence-electron chi connectivity index (χ0n) is 9.96. The Balaban J connectivity index is 1.98. The third kappa shape index (κ3) is 3.84. The minimum absolute atomic E-state index is 0.145. The fourth-order valence-electron chi connectivity index (χ4n) is 1.31. The van der Waals surface area contributed by atoms with Crippen molar-refractivity contribution in [1.29, 1.82) is 5.26 Å². The van der Waals surface area contributed by atoms with Crippen LogP contribution in [0.5, 0.6) is 0 Å². The molecular formula is C11H8ClN5OS2. The van der Waals surface area contributed by atoms with Crippen LogP contribution in [0.15, 0.2) is 22.5 Å². The molecule has 0 spiro atoms. The second kappa shape index (κ2) is 6.56. The monoisotopic (exact) mass is 325 g/mol. The highest BCUT2D eigenvalue weighted by molar-refractivity contribution is 8.01. The van der Waals surface area contributed by atoms with E-state index in [1.165, 1.54) is 29.2 Å². The third-order valence-electron chi connectivity index (χ3n) is 2.12. The maximum absolute atomic E-state index is 11.8. The molecule has 0 unspecified atom stereocenters. The van der Waals surface area contributed by atoms with Crippen LogP contribution in [0.4, 0.5) is 10.8 Å². The lowest BCUT2D eigenvalue weighted by Gasteiger charge is -2.06. The summed E-state index contributed by atoms with van der Waals surface area (Å²) in [6.07, 6.45) is 0. The van der Waals surface area contributed by atoms with E-state index in [0.29, 0.717) is 25.7 Å². The number of nitrogen functional groups attached to an aromatic ring is 1. The highest BCUT2D eigenvalue weighted by atomic mass is 35.5. The van der Waals surface area contributed by atoms with Crippen LogP contribution >= 0.6 is 34.7 Å². The van der Waals surface area contributed by atoms with Crippen molar-refractivity contribution in [2.75, 3.05) is 16.8 Å². The van der Waals surface area contributed by atoms with Crippen LogP contribution in [0.1, 0.15) is 5.56 Å². The number of nitriles is 1. The van der Waals surface area contributed by atoms with Gasteiger partial charge in [-0.2, -0.15) is 5.26 Å². The second-order valence-corrected chi connectivity index (χ2v) is 6.21. The Bertz CT molecular complexity index is 682. The Hall–Kier alpha value is -1.82. The van der Waals surface area contributed by atoms with E-state index in [4.69, 9.17) is 22.6 Å². The molecule has 0 aliphatic carbocycles. The van der Waals surface area contributed by atoms with Crippen molar-refractivity contribution >= 4 is 51.4 Å². The van der Waals surface area contributed by atoms with Crippen LogP contribution in [0.2, 0.25) is 5.02 Å². The van der Waals surface area contributed by atoms with Crippen molar-refractivity contribution in [2.45, 2.75) is 4.34 Å². The summed E-state index contributed by atoms with van der Waals surface area (Å²) in [5.41, 5.74) is 6.19. The summed E-state index contributed by atoms with van der Waals surface area (Å²) >= 11 is 8.27. The number of anilines is 2. The van der Waals surface area contributed by atoms with Crippen LogP contribution in [0, 0.1) is 11.3 Å². The van der Waals surface area contributed by atoms with E-state index in [1.54, 1.807) is 12.1 Å². The Morgan fingerprint density at radius 3 is 3.00 bits per heavy atom. The number of thioether (sulfide) groups is 1. The molecule has 1 aromatic heterocycles. The molecule has 0 aliphatic heterocycles. The van der Waals surface area contributed by atoms with Crippen LogP contribution in [-0.4, -0.2) is 21.9 Å². The molecule has 2 rings (SSSR count). The largest absolute Gasteiger partial charge is 0.374 e. The lowest BCUT2D eigenvalue weighted by atomic mass is 10.2. The van der Waals surface area contributed by atoms with Crippen LogP contribution in [0.25, 0.3) is 0 Å². The summed E-state index contributed by atoms with van der Waals surface area (Å²) in [5.74, 6) is -0.117. The summed E-state index contributed by atoms with van der Waals surface area (Å²) in [7, 11) is 0. The number of nitrogens with one attached hydrogen (secondary N) is 1. The van der Waals surface area contributed by atoms with Crippen molar-refractivity contribution in [3.05, 3.63) is 28.8 Å². The Kier molecular flexibility index (Phi) is 4.79. The summed E-state index contributed by atoms with van der Waals surface area (Å²) in [6.45, 7) is 0. The summed E-state index contributed by atoms with van der Waals surface area (Å²) < 4.78 is 0.615. The van der Waals surface area contributed by atoms with E-state index in [9.17, 15) is 4.79 Å². The van der Waals surface area contributed by atoms with Gasteiger partial charge in [-0.15, -0.1) is 10.2 Å². The number of halogens is 1. The standard InChI is InChI=1S/C11H8ClN5OS2/c12-7-2-1-6(4-13)8(3-7)15-9(18)5-19-11-17-16-10(14)20-11/h1-3H,5H2,(H2,14,16)(H,15,18). The quantitative estimate of drug-likeness (QED) is 0.836. The molecule has 2 aromatic rings. The van der Waals surface area contributed by atoms with Crippen LogP contribution in [0.3, 0.4) is 0 Å². The zero-order valence-corrected chi connectivity index (χ0v) is 12.3.